The summed E-state index contributed by atoms with van der Waals surface area (Å²) in [6.45, 7) is 2.13. The van der Waals surface area contributed by atoms with E-state index in [4.69, 9.17) is 5.73 Å². The summed E-state index contributed by atoms with van der Waals surface area (Å²) < 4.78 is 1.87. The Hall–Kier alpha value is -1.62. The number of rotatable bonds is 1. The SMILES string of the molecule is Nc1cnn2c(C3CCCNC3)ccnc12. The van der Waals surface area contributed by atoms with Crippen molar-refractivity contribution in [2.75, 3.05) is 18.8 Å². The zero-order chi connectivity index (χ0) is 11.0. The van der Waals surface area contributed by atoms with Crippen LogP contribution in [0.3, 0.4) is 0 Å². The molecule has 1 aliphatic rings. The van der Waals surface area contributed by atoms with E-state index in [2.05, 4.69) is 15.4 Å². The van der Waals surface area contributed by atoms with Gasteiger partial charge in [0.2, 0.25) is 0 Å². The average molecular weight is 217 g/mol. The first kappa shape index (κ1) is 9.59. The lowest BCUT2D eigenvalue weighted by molar-refractivity contribution is 0.448. The molecular formula is C11H15N5. The van der Waals surface area contributed by atoms with Crippen LogP contribution in [0.4, 0.5) is 5.69 Å². The number of nitrogens with zero attached hydrogens (tertiary/aromatic N) is 3. The third-order valence-electron chi connectivity index (χ3n) is 3.17. The van der Waals surface area contributed by atoms with E-state index in [9.17, 15) is 0 Å². The first-order valence-electron chi connectivity index (χ1n) is 5.65. The van der Waals surface area contributed by atoms with E-state index < -0.39 is 0 Å². The van der Waals surface area contributed by atoms with Crippen molar-refractivity contribution in [3.8, 4) is 0 Å². The molecule has 5 heteroatoms. The number of nitrogen functional groups attached to an aromatic ring is 1. The van der Waals surface area contributed by atoms with Gasteiger partial charge in [-0.05, 0) is 25.5 Å². The topological polar surface area (TPSA) is 68.2 Å². The van der Waals surface area contributed by atoms with Crippen molar-refractivity contribution in [3.63, 3.8) is 0 Å². The number of fused-ring (bicyclic) bond motifs is 1. The van der Waals surface area contributed by atoms with E-state index >= 15 is 0 Å². The van der Waals surface area contributed by atoms with Gasteiger partial charge in [-0.1, -0.05) is 0 Å². The van der Waals surface area contributed by atoms with Crippen molar-refractivity contribution in [1.82, 2.24) is 19.9 Å². The first-order chi connectivity index (χ1) is 7.86. The average Bonchev–Trinajstić information content (AvgIpc) is 2.73. The molecule has 1 saturated heterocycles. The molecule has 2 aromatic heterocycles. The minimum absolute atomic E-state index is 0.513. The molecule has 3 heterocycles. The normalized spacial score (nSPS) is 21.4. The summed E-state index contributed by atoms with van der Waals surface area (Å²) in [6.07, 6.45) is 5.90. The highest BCUT2D eigenvalue weighted by Crippen LogP contribution is 2.24. The summed E-state index contributed by atoms with van der Waals surface area (Å²) in [7, 11) is 0. The monoisotopic (exact) mass is 217 g/mol. The number of aromatic nitrogens is 3. The van der Waals surface area contributed by atoms with Gasteiger partial charge in [0.1, 0.15) is 0 Å². The Balaban J connectivity index is 2.08. The van der Waals surface area contributed by atoms with Crippen LogP contribution < -0.4 is 11.1 Å². The van der Waals surface area contributed by atoms with Crippen molar-refractivity contribution in [3.05, 3.63) is 24.2 Å². The Kier molecular flexibility index (Phi) is 2.25. The third-order valence-corrected chi connectivity index (χ3v) is 3.17. The quantitative estimate of drug-likeness (QED) is 0.740. The van der Waals surface area contributed by atoms with Crippen LogP contribution in [0.5, 0.6) is 0 Å². The molecular weight excluding hydrogens is 202 g/mol. The number of piperidine rings is 1. The van der Waals surface area contributed by atoms with Gasteiger partial charge in [0, 0.05) is 18.7 Å². The maximum absolute atomic E-state index is 5.81. The lowest BCUT2D eigenvalue weighted by Gasteiger charge is -2.23. The standard InChI is InChI=1S/C11H15N5/c12-9-7-15-16-10(3-5-14-11(9)16)8-2-1-4-13-6-8/h3,5,7-8,13H,1-2,4,6,12H2. The molecule has 16 heavy (non-hydrogen) atoms. The smallest absolute Gasteiger partial charge is 0.178 e. The van der Waals surface area contributed by atoms with Crippen LogP contribution in [0.25, 0.3) is 5.65 Å². The second-order valence-electron chi connectivity index (χ2n) is 4.25. The fourth-order valence-electron chi connectivity index (χ4n) is 2.34. The molecule has 0 amide bonds. The molecule has 2 aromatic rings. The zero-order valence-corrected chi connectivity index (χ0v) is 9.06. The molecule has 84 valence electrons. The van der Waals surface area contributed by atoms with Crippen LogP contribution in [-0.4, -0.2) is 27.7 Å². The van der Waals surface area contributed by atoms with Gasteiger partial charge in [-0.2, -0.15) is 5.10 Å². The minimum atomic E-state index is 0.513. The van der Waals surface area contributed by atoms with Crippen molar-refractivity contribution in [1.29, 1.82) is 0 Å². The number of nitrogens with one attached hydrogen (secondary N) is 1. The Morgan fingerprint density at radius 2 is 2.44 bits per heavy atom. The number of nitrogens with two attached hydrogens (primary N) is 1. The molecule has 1 aliphatic heterocycles. The van der Waals surface area contributed by atoms with E-state index in [0.29, 0.717) is 11.6 Å². The molecule has 0 spiro atoms. The number of hydrogen-bond donors (Lipinski definition) is 2. The molecule has 3 rings (SSSR count). The molecule has 5 nitrogen and oxygen atoms in total. The lowest BCUT2D eigenvalue weighted by atomic mass is 9.96. The van der Waals surface area contributed by atoms with E-state index in [1.165, 1.54) is 18.5 Å². The van der Waals surface area contributed by atoms with E-state index in [-0.39, 0.29) is 0 Å². The molecule has 1 unspecified atom stereocenters. The fourth-order valence-corrected chi connectivity index (χ4v) is 2.34. The van der Waals surface area contributed by atoms with Gasteiger partial charge in [0.15, 0.2) is 5.65 Å². The van der Waals surface area contributed by atoms with Crippen molar-refractivity contribution in [2.45, 2.75) is 18.8 Å². The summed E-state index contributed by atoms with van der Waals surface area (Å²) in [5.41, 5.74) is 8.43. The van der Waals surface area contributed by atoms with E-state index in [1.54, 1.807) is 6.20 Å². The van der Waals surface area contributed by atoms with Crippen LogP contribution in [0.1, 0.15) is 24.5 Å². The molecule has 1 fully saturated rings. The number of hydrogen-bond acceptors (Lipinski definition) is 4. The van der Waals surface area contributed by atoms with E-state index in [0.717, 1.165) is 18.7 Å². The Morgan fingerprint density at radius 1 is 1.50 bits per heavy atom. The zero-order valence-electron chi connectivity index (χ0n) is 9.06. The highest BCUT2D eigenvalue weighted by molar-refractivity contribution is 5.63. The molecule has 0 aliphatic carbocycles. The van der Waals surface area contributed by atoms with Gasteiger partial charge >= 0.3 is 0 Å². The molecule has 0 aromatic carbocycles. The van der Waals surface area contributed by atoms with E-state index in [1.807, 2.05) is 16.8 Å². The summed E-state index contributed by atoms with van der Waals surface area (Å²) in [5.74, 6) is 0.513. The highest BCUT2D eigenvalue weighted by Gasteiger charge is 2.18. The number of anilines is 1. The van der Waals surface area contributed by atoms with Crippen LogP contribution in [-0.2, 0) is 0 Å². The molecule has 3 N–H and O–H groups in total. The Bertz CT molecular complexity index is 498. The van der Waals surface area contributed by atoms with Gasteiger partial charge in [0.25, 0.3) is 0 Å². The summed E-state index contributed by atoms with van der Waals surface area (Å²) in [4.78, 5) is 4.25. The first-order valence-corrected chi connectivity index (χ1v) is 5.65. The Morgan fingerprint density at radius 3 is 3.25 bits per heavy atom. The van der Waals surface area contributed by atoms with Gasteiger partial charge in [-0.3, -0.25) is 0 Å². The van der Waals surface area contributed by atoms with Crippen molar-refractivity contribution >= 4 is 11.3 Å². The summed E-state index contributed by atoms with van der Waals surface area (Å²) >= 11 is 0. The molecule has 0 bridgehead atoms. The maximum atomic E-state index is 5.81. The predicted molar refractivity (Wildman–Crippen MR) is 62.2 cm³/mol. The molecule has 0 radical (unpaired) electrons. The third kappa shape index (κ3) is 1.44. The predicted octanol–water partition coefficient (Wildman–Crippen LogP) is 0.778. The fraction of sp³-hybridized carbons (Fsp3) is 0.455. The van der Waals surface area contributed by atoms with Gasteiger partial charge in [0.05, 0.1) is 17.6 Å². The van der Waals surface area contributed by atoms with Crippen LogP contribution in [0, 0.1) is 0 Å². The Labute approximate surface area is 93.7 Å². The molecule has 1 atom stereocenters. The van der Waals surface area contributed by atoms with Gasteiger partial charge in [-0.15, -0.1) is 0 Å². The second kappa shape index (κ2) is 3.75. The lowest BCUT2D eigenvalue weighted by Crippen LogP contribution is -2.29. The van der Waals surface area contributed by atoms with Crippen LogP contribution >= 0.6 is 0 Å². The van der Waals surface area contributed by atoms with Crippen molar-refractivity contribution < 1.29 is 0 Å². The maximum Gasteiger partial charge on any atom is 0.178 e. The second-order valence-corrected chi connectivity index (χ2v) is 4.25. The van der Waals surface area contributed by atoms with Gasteiger partial charge in [-0.25, -0.2) is 9.50 Å². The largest absolute Gasteiger partial charge is 0.394 e. The molecule has 0 saturated carbocycles. The summed E-state index contributed by atoms with van der Waals surface area (Å²) in [5, 5.41) is 7.71. The minimum Gasteiger partial charge on any atom is -0.394 e. The van der Waals surface area contributed by atoms with Gasteiger partial charge < -0.3 is 11.1 Å². The van der Waals surface area contributed by atoms with Crippen LogP contribution in [0.2, 0.25) is 0 Å². The highest BCUT2D eigenvalue weighted by atomic mass is 15.3. The van der Waals surface area contributed by atoms with Crippen LogP contribution in [0.15, 0.2) is 18.5 Å². The van der Waals surface area contributed by atoms with Crippen molar-refractivity contribution in [2.24, 2.45) is 0 Å². The summed E-state index contributed by atoms with van der Waals surface area (Å²) in [6, 6.07) is 2.04.